The molecule has 0 radical (unpaired) electrons. The van der Waals surface area contributed by atoms with E-state index in [0.717, 1.165) is 36.9 Å². The summed E-state index contributed by atoms with van der Waals surface area (Å²) in [5.41, 5.74) is 0. The van der Waals surface area contributed by atoms with E-state index < -0.39 is 0 Å². The zero-order valence-corrected chi connectivity index (χ0v) is 17.8. The number of hydrogen-bond donors (Lipinski definition) is 1. The molecule has 8 heteroatoms. The van der Waals surface area contributed by atoms with Crippen molar-refractivity contribution >= 4 is 29.0 Å². The molecule has 2 aromatic heterocycles. The fourth-order valence-corrected chi connectivity index (χ4v) is 5.57. The van der Waals surface area contributed by atoms with Crippen LogP contribution >= 0.6 is 23.1 Å². The molecule has 2 aliphatic rings. The molecule has 2 aromatic rings. The van der Waals surface area contributed by atoms with E-state index in [1.807, 2.05) is 0 Å². The number of carbonyl (C=O) groups is 1. The minimum atomic E-state index is 0.0403. The minimum absolute atomic E-state index is 0.0403. The van der Waals surface area contributed by atoms with E-state index in [2.05, 4.69) is 37.6 Å². The van der Waals surface area contributed by atoms with E-state index in [9.17, 15) is 4.79 Å². The van der Waals surface area contributed by atoms with Crippen molar-refractivity contribution in [3.05, 3.63) is 28.2 Å². The molecule has 1 saturated heterocycles. The maximum absolute atomic E-state index is 12.3. The Morgan fingerprint density at radius 3 is 2.89 bits per heavy atom. The SMILES string of the molecule is O=C(CSc1nnc(Cc2cccs2)n1C1CCCCC1)NC[C@H]1CCCO1. The summed E-state index contributed by atoms with van der Waals surface area (Å²) < 4.78 is 7.89. The number of thiophene rings is 1. The van der Waals surface area contributed by atoms with Crippen molar-refractivity contribution < 1.29 is 9.53 Å². The van der Waals surface area contributed by atoms with Gasteiger partial charge in [-0.15, -0.1) is 21.5 Å². The van der Waals surface area contributed by atoms with Gasteiger partial charge in [-0.2, -0.15) is 0 Å². The third-order valence-electron chi connectivity index (χ3n) is 5.47. The summed E-state index contributed by atoms with van der Waals surface area (Å²) in [7, 11) is 0. The van der Waals surface area contributed by atoms with Crippen LogP contribution in [0.1, 0.15) is 61.7 Å². The zero-order chi connectivity index (χ0) is 19.2. The first-order chi connectivity index (χ1) is 13.8. The molecule has 2 fully saturated rings. The van der Waals surface area contributed by atoms with Crippen molar-refractivity contribution in [3.63, 3.8) is 0 Å². The lowest BCUT2D eigenvalue weighted by atomic mass is 9.95. The molecule has 1 atom stereocenters. The Kier molecular flexibility index (Phi) is 7.04. The van der Waals surface area contributed by atoms with E-state index in [4.69, 9.17) is 4.74 Å². The van der Waals surface area contributed by atoms with Gasteiger partial charge in [0.25, 0.3) is 0 Å². The lowest BCUT2D eigenvalue weighted by Gasteiger charge is -2.25. The van der Waals surface area contributed by atoms with Crippen LogP contribution < -0.4 is 5.32 Å². The second kappa shape index (κ2) is 9.89. The van der Waals surface area contributed by atoms with Crippen LogP contribution in [0.4, 0.5) is 0 Å². The molecule has 4 rings (SSSR count). The van der Waals surface area contributed by atoms with Crippen LogP contribution in [-0.4, -0.2) is 45.7 Å². The Hall–Kier alpha value is -1.38. The van der Waals surface area contributed by atoms with E-state index in [-0.39, 0.29) is 12.0 Å². The topological polar surface area (TPSA) is 69.0 Å². The van der Waals surface area contributed by atoms with Gasteiger partial charge < -0.3 is 14.6 Å². The van der Waals surface area contributed by atoms with Gasteiger partial charge in [-0.1, -0.05) is 37.1 Å². The molecule has 1 saturated carbocycles. The minimum Gasteiger partial charge on any atom is -0.376 e. The van der Waals surface area contributed by atoms with Crippen LogP contribution in [0.5, 0.6) is 0 Å². The van der Waals surface area contributed by atoms with Gasteiger partial charge >= 0.3 is 0 Å². The van der Waals surface area contributed by atoms with Gasteiger partial charge in [0.1, 0.15) is 5.82 Å². The summed E-state index contributed by atoms with van der Waals surface area (Å²) in [6.45, 7) is 1.42. The predicted molar refractivity (Wildman–Crippen MR) is 112 cm³/mol. The second-order valence-electron chi connectivity index (χ2n) is 7.54. The van der Waals surface area contributed by atoms with Crippen molar-refractivity contribution in [2.45, 2.75) is 68.7 Å². The summed E-state index contributed by atoms with van der Waals surface area (Å²) in [6, 6.07) is 4.68. The smallest absolute Gasteiger partial charge is 0.230 e. The Bertz CT molecular complexity index is 750. The molecule has 0 bridgehead atoms. The van der Waals surface area contributed by atoms with Crippen molar-refractivity contribution in [1.82, 2.24) is 20.1 Å². The first-order valence-corrected chi connectivity index (χ1v) is 12.1. The predicted octanol–water partition coefficient (Wildman–Crippen LogP) is 3.82. The summed E-state index contributed by atoms with van der Waals surface area (Å²) in [4.78, 5) is 13.6. The zero-order valence-electron chi connectivity index (χ0n) is 16.1. The normalized spacial score (nSPS) is 20.5. The standard InChI is InChI=1S/C20H28N4O2S2/c25-19(21-13-16-8-4-10-26-16)14-28-20-23-22-18(12-17-9-5-11-27-17)24(20)15-6-2-1-3-7-15/h5,9,11,15-16H,1-4,6-8,10,12-14H2,(H,21,25)/t16-/m1/s1. The molecule has 152 valence electrons. The van der Waals surface area contributed by atoms with E-state index in [1.165, 1.54) is 48.7 Å². The summed E-state index contributed by atoms with van der Waals surface area (Å²) >= 11 is 3.26. The Morgan fingerprint density at radius 2 is 2.14 bits per heavy atom. The van der Waals surface area contributed by atoms with Crippen LogP contribution in [0.25, 0.3) is 0 Å². The lowest BCUT2D eigenvalue weighted by Crippen LogP contribution is -2.33. The third-order valence-corrected chi connectivity index (χ3v) is 7.29. The Balaban J connectivity index is 1.40. The first kappa shape index (κ1) is 19.9. The number of rotatable bonds is 8. The number of nitrogens with one attached hydrogen (secondary N) is 1. The van der Waals surface area contributed by atoms with Crippen molar-refractivity contribution in [2.24, 2.45) is 0 Å². The van der Waals surface area contributed by atoms with E-state index >= 15 is 0 Å². The van der Waals surface area contributed by atoms with Gasteiger partial charge in [0.2, 0.25) is 5.91 Å². The largest absolute Gasteiger partial charge is 0.376 e. The van der Waals surface area contributed by atoms with Gasteiger partial charge in [-0.25, -0.2) is 0 Å². The Morgan fingerprint density at radius 1 is 1.25 bits per heavy atom. The monoisotopic (exact) mass is 420 g/mol. The van der Waals surface area contributed by atoms with Gasteiger partial charge in [0.05, 0.1) is 11.9 Å². The molecule has 6 nitrogen and oxygen atoms in total. The molecule has 28 heavy (non-hydrogen) atoms. The molecule has 0 unspecified atom stereocenters. The average Bonchev–Trinajstić information content (AvgIpc) is 3.48. The fourth-order valence-electron chi connectivity index (χ4n) is 4.02. The highest BCUT2D eigenvalue weighted by Gasteiger charge is 2.24. The van der Waals surface area contributed by atoms with Crippen LogP contribution in [0.2, 0.25) is 0 Å². The van der Waals surface area contributed by atoms with Crippen molar-refractivity contribution in [1.29, 1.82) is 0 Å². The molecule has 1 N–H and O–H groups in total. The van der Waals surface area contributed by atoms with Crippen LogP contribution in [0.15, 0.2) is 22.7 Å². The fraction of sp³-hybridized carbons (Fsp3) is 0.650. The van der Waals surface area contributed by atoms with Gasteiger partial charge in [-0.05, 0) is 37.1 Å². The quantitative estimate of drug-likeness (QED) is 0.658. The highest BCUT2D eigenvalue weighted by atomic mass is 32.2. The maximum atomic E-state index is 12.3. The number of aromatic nitrogens is 3. The summed E-state index contributed by atoms with van der Waals surface area (Å²) in [5, 5.41) is 14.9. The van der Waals surface area contributed by atoms with Crippen molar-refractivity contribution in [2.75, 3.05) is 18.9 Å². The maximum Gasteiger partial charge on any atom is 0.230 e. The van der Waals surface area contributed by atoms with Crippen LogP contribution in [0.3, 0.4) is 0 Å². The number of nitrogens with zero attached hydrogens (tertiary/aromatic N) is 3. The van der Waals surface area contributed by atoms with Gasteiger partial charge in [0.15, 0.2) is 5.16 Å². The number of hydrogen-bond acceptors (Lipinski definition) is 6. The van der Waals surface area contributed by atoms with Gasteiger partial charge in [-0.3, -0.25) is 4.79 Å². The van der Waals surface area contributed by atoms with Crippen molar-refractivity contribution in [3.8, 4) is 0 Å². The summed E-state index contributed by atoms with van der Waals surface area (Å²) in [5.74, 6) is 1.44. The number of amides is 1. The van der Waals surface area contributed by atoms with Crippen LogP contribution in [0, 0.1) is 0 Å². The van der Waals surface area contributed by atoms with E-state index in [0.29, 0.717) is 18.3 Å². The molecule has 3 heterocycles. The number of ether oxygens (including phenoxy) is 1. The molecule has 1 aliphatic carbocycles. The molecule has 0 spiro atoms. The lowest BCUT2D eigenvalue weighted by molar-refractivity contribution is -0.119. The summed E-state index contributed by atoms with van der Waals surface area (Å²) in [6.07, 6.45) is 9.29. The van der Waals surface area contributed by atoms with E-state index in [1.54, 1.807) is 11.3 Å². The third kappa shape index (κ3) is 5.15. The number of thioether (sulfide) groups is 1. The first-order valence-electron chi connectivity index (χ1n) is 10.3. The Labute approximate surface area is 174 Å². The molecule has 1 amide bonds. The highest BCUT2D eigenvalue weighted by molar-refractivity contribution is 7.99. The molecular weight excluding hydrogens is 392 g/mol. The molecular formula is C20H28N4O2S2. The average molecular weight is 421 g/mol. The second-order valence-corrected chi connectivity index (χ2v) is 9.52. The van der Waals surface area contributed by atoms with Gasteiger partial charge in [0, 0.05) is 30.5 Å². The van der Waals surface area contributed by atoms with Crippen LogP contribution in [-0.2, 0) is 16.0 Å². The molecule has 0 aromatic carbocycles. The number of carbonyl (C=O) groups excluding carboxylic acids is 1. The highest BCUT2D eigenvalue weighted by Crippen LogP contribution is 2.33. The molecule has 1 aliphatic heterocycles.